The van der Waals surface area contributed by atoms with Crippen LogP contribution in [0.1, 0.15) is 38.5 Å². The molecule has 0 amide bonds. The van der Waals surface area contributed by atoms with Crippen molar-refractivity contribution in [1.82, 2.24) is 19.9 Å². The van der Waals surface area contributed by atoms with Crippen molar-refractivity contribution < 1.29 is 10.2 Å². The van der Waals surface area contributed by atoms with Crippen LogP contribution >= 0.6 is 44.9 Å². The summed E-state index contributed by atoms with van der Waals surface area (Å²) in [6.07, 6.45) is 5.06. The molecule has 0 saturated carbocycles. The topological polar surface area (TPSA) is 123 Å². The van der Waals surface area contributed by atoms with Crippen LogP contribution < -0.4 is 20.4 Å². The SMILES string of the molecule is OC(CSS)Nc1nc(N2CCCCC2)c2nc(NC(O)CSS)nc(N3CCCCC3)c2n1. The summed E-state index contributed by atoms with van der Waals surface area (Å²) in [6, 6.07) is 0. The Labute approximate surface area is 218 Å². The summed E-state index contributed by atoms with van der Waals surface area (Å²) in [6.45, 7) is 3.52. The Hall–Kier alpha value is -1.06. The molecule has 2 aliphatic rings. The first-order chi connectivity index (χ1) is 16.6. The molecular formula is C20H32N8O2S4. The first kappa shape index (κ1) is 26.0. The van der Waals surface area contributed by atoms with E-state index in [-0.39, 0.29) is 0 Å². The number of anilines is 4. The van der Waals surface area contributed by atoms with Gasteiger partial charge in [-0.15, -0.1) is 23.3 Å². The van der Waals surface area contributed by atoms with Crippen molar-refractivity contribution in [1.29, 1.82) is 0 Å². The van der Waals surface area contributed by atoms with Crippen molar-refractivity contribution in [2.75, 3.05) is 58.1 Å². The van der Waals surface area contributed by atoms with E-state index in [0.29, 0.717) is 34.4 Å². The molecule has 2 unspecified atom stereocenters. The normalized spacial score (nSPS) is 18.7. The van der Waals surface area contributed by atoms with Crippen LogP contribution in [0.2, 0.25) is 0 Å². The molecule has 188 valence electrons. The van der Waals surface area contributed by atoms with Crippen LogP contribution in [0, 0.1) is 0 Å². The van der Waals surface area contributed by atoms with Gasteiger partial charge in [-0.1, -0.05) is 21.6 Å². The lowest BCUT2D eigenvalue weighted by Crippen LogP contribution is -2.33. The molecule has 4 heterocycles. The van der Waals surface area contributed by atoms with Crippen LogP contribution in [0.25, 0.3) is 11.0 Å². The highest BCUT2D eigenvalue weighted by atomic mass is 33.1. The smallest absolute Gasteiger partial charge is 0.227 e. The summed E-state index contributed by atoms with van der Waals surface area (Å²) in [7, 11) is 2.49. The number of hydrogen-bond acceptors (Lipinski definition) is 14. The van der Waals surface area contributed by atoms with Gasteiger partial charge in [-0.3, -0.25) is 0 Å². The number of hydrogen-bond donors (Lipinski definition) is 6. The number of thiol groups is 2. The van der Waals surface area contributed by atoms with Gasteiger partial charge in [-0.05, 0) is 38.5 Å². The second-order valence-electron chi connectivity index (χ2n) is 8.45. The highest BCUT2D eigenvalue weighted by Gasteiger charge is 2.25. The molecule has 0 aliphatic carbocycles. The van der Waals surface area contributed by atoms with E-state index in [2.05, 4.69) is 43.8 Å². The van der Waals surface area contributed by atoms with Gasteiger partial charge in [0.05, 0.1) is 0 Å². The molecule has 2 aliphatic heterocycles. The fraction of sp³-hybridized carbons (Fsp3) is 0.700. The lowest BCUT2D eigenvalue weighted by atomic mass is 10.1. The third kappa shape index (κ3) is 6.58. The largest absolute Gasteiger partial charge is 0.373 e. The van der Waals surface area contributed by atoms with Gasteiger partial charge in [0.1, 0.15) is 23.5 Å². The number of aromatic nitrogens is 4. The minimum absolute atomic E-state index is 0.344. The van der Waals surface area contributed by atoms with Crippen molar-refractivity contribution in [3.05, 3.63) is 0 Å². The number of rotatable bonds is 10. The molecule has 2 aromatic heterocycles. The minimum atomic E-state index is -0.830. The number of piperidine rings is 2. The van der Waals surface area contributed by atoms with Gasteiger partial charge in [0, 0.05) is 37.7 Å². The summed E-state index contributed by atoms with van der Waals surface area (Å²) in [5, 5.41) is 26.7. The van der Waals surface area contributed by atoms with E-state index >= 15 is 0 Å². The van der Waals surface area contributed by atoms with Gasteiger partial charge in [0.25, 0.3) is 0 Å². The monoisotopic (exact) mass is 544 g/mol. The minimum Gasteiger partial charge on any atom is -0.373 e. The van der Waals surface area contributed by atoms with Crippen molar-refractivity contribution in [3.8, 4) is 0 Å². The molecule has 0 radical (unpaired) electrons. The van der Waals surface area contributed by atoms with E-state index in [1.807, 2.05) is 0 Å². The van der Waals surface area contributed by atoms with E-state index < -0.39 is 12.5 Å². The molecule has 10 nitrogen and oxygen atoms in total. The second-order valence-corrected chi connectivity index (χ2v) is 11.2. The predicted molar refractivity (Wildman–Crippen MR) is 149 cm³/mol. The number of fused-ring (bicyclic) bond motifs is 1. The van der Waals surface area contributed by atoms with Crippen LogP contribution in [-0.2, 0) is 0 Å². The zero-order valence-electron chi connectivity index (χ0n) is 18.9. The quantitative estimate of drug-likeness (QED) is 0.150. The van der Waals surface area contributed by atoms with Gasteiger partial charge in [0.2, 0.25) is 11.9 Å². The maximum atomic E-state index is 10.3. The van der Waals surface area contributed by atoms with Crippen molar-refractivity contribution in [2.45, 2.75) is 51.0 Å². The second kappa shape index (κ2) is 12.8. The van der Waals surface area contributed by atoms with E-state index in [1.54, 1.807) is 0 Å². The lowest BCUT2D eigenvalue weighted by molar-refractivity contribution is 0.227. The molecule has 14 heteroatoms. The van der Waals surface area contributed by atoms with Gasteiger partial charge in [-0.25, -0.2) is 9.97 Å². The molecule has 0 aromatic carbocycles. The molecule has 4 rings (SSSR count). The zero-order valence-corrected chi connectivity index (χ0v) is 22.4. The van der Waals surface area contributed by atoms with Gasteiger partial charge < -0.3 is 30.6 Å². The summed E-state index contributed by atoms with van der Waals surface area (Å²) < 4.78 is 0. The van der Waals surface area contributed by atoms with Crippen LogP contribution in [0.4, 0.5) is 23.5 Å². The third-order valence-corrected chi connectivity index (χ3v) is 7.70. The van der Waals surface area contributed by atoms with E-state index in [9.17, 15) is 10.2 Å². The van der Waals surface area contributed by atoms with Crippen molar-refractivity contribution >= 4 is 79.5 Å². The average Bonchev–Trinajstić information content (AvgIpc) is 2.85. The van der Waals surface area contributed by atoms with E-state index in [0.717, 1.165) is 63.5 Å². The van der Waals surface area contributed by atoms with Crippen LogP contribution in [0.15, 0.2) is 0 Å². The predicted octanol–water partition coefficient (Wildman–Crippen LogP) is 3.02. The average molecular weight is 545 g/mol. The molecule has 2 aromatic rings. The highest BCUT2D eigenvalue weighted by molar-refractivity contribution is 8.68. The van der Waals surface area contributed by atoms with Crippen LogP contribution in [0.3, 0.4) is 0 Å². The third-order valence-electron chi connectivity index (χ3n) is 5.87. The highest BCUT2D eigenvalue weighted by Crippen LogP contribution is 2.33. The van der Waals surface area contributed by atoms with E-state index in [4.69, 9.17) is 19.9 Å². The molecular weight excluding hydrogens is 513 g/mol. The fourth-order valence-electron chi connectivity index (χ4n) is 4.29. The Morgan fingerprint density at radius 1 is 0.676 bits per heavy atom. The van der Waals surface area contributed by atoms with Crippen molar-refractivity contribution in [2.24, 2.45) is 0 Å². The van der Waals surface area contributed by atoms with Crippen LogP contribution in [-0.4, -0.2) is 80.3 Å². The summed E-state index contributed by atoms with van der Waals surface area (Å²) in [5.41, 5.74) is 1.30. The van der Waals surface area contributed by atoms with Crippen molar-refractivity contribution in [3.63, 3.8) is 0 Å². The number of nitrogens with zero attached hydrogens (tertiary/aromatic N) is 6. The Balaban J connectivity index is 1.83. The molecule has 2 saturated heterocycles. The Morgan fingerprint density at radius 3 is 1.41 bits per heavy atom. The molecule has 2 fully saturated rings. The number of nitrogens with one attached hydrogen (secondary N) is 2. The molecule has 2 atom stereocenters. The first-order valence-electron chi connectivity index (χ1n) is 11.6. The molecule has 34 heavy (non-hydrogen) atoms. The maximum absolute atomic E-state index is 10.3. The van der Waals surface area contributed by atoms with Crippen LogP contribution in [0.5, 0.6) is 0 Å². The van der Waals surface area contributed by atoms with Gasteiger partial charge >= 0.3 is 0 Å². The molecule has 0 bridgehead atoms. The summed E-state index contributed by atoms with van der Waals surface area (Å²) in [5.74, 6) is 2.92. The molecule has 0 spiro atoms. The number of aliphatic hydroxyl groups excluding tert-OH is 2. The van der Waals surface area contributed by atoms with Gasteiger partial charge in [0.15, 0.2) is 11.6 Å². The zero-order chi connectivity index (χ0) is 23.9. The Morgan fingerprint density at radius 2 is 1.06 bits per heavy atom. The Bertz CT molecular complexity index is 871. The Kier molecular flexibility index (Phi) is 9.77. The standard InChI is InChI=1S/C20H32N8O2S4/c29-13(11-33-31)21-19-24-16-15(17(25-19)27-7-3-1-4-8-27)23-20(22-14(30)12-34-32)26-18(16)28-9-5-2-6-10-28/h13-14,29-32H,1-12H2,(H,21,24,25)(H,22,23,26). The summed E-state index contributed by atoms with van der Waals surface area (Å²) >= 11 is 8.27. The first-order valence-corrected chi connectivity index (χ1v) is 15.7. The summed E-state index contributed by atoms with van der Waals surface area (Å²) in [4.78, 5) is 23.6. The molecule has 4 N–H and O–H groups in total. The van der Waals surface area contributed by atoms with E-state index in [1.165, 1.54) is 34.4 Å². The van der Waals surface area contributed by atoms with Gasteiger partial charge in [-0.2, -0.15) is 9.97 Å². The maximum Gasteiger partial charge on any atom is 0.227 e. The number of aliphatic hydroxyl groups is 2. The lowest BCUT2D eigenvalue weighted by Gasteiger charge is -2.31. The fourth-order valence-corrected chi connectivity index (χ4v) is 5.59.